The largest absolute Gasteiger partial charge is 0.466 e. The normalized spacial score (nSPS) is 10.5. The summed E-state index contributed by atoms with van der Waals surface area (Å²) in [4.78, 5) is 14.7. The number of unbranched alkanes of at least 4 members (excludes halogenated alkanes) is 2. The van der Waals surface area contributed by atoms with Crippen LogP contribution in [0.3, 0.4) is 0 Å². The number of benzene rings is 1. The number of hydrogen-bond acceptors (Lipinski definition) is 2. The summed E-state index contributed by atoms with van der Waals surface area (Å²) in [7, 11) is 0. The molecule has 1 heterocycles. The molecule has 0 aliphatic rings. The first kappa shape index (κ1) is 15.1. The molecule has 0 saturated heterocycles. The van der Waals surface area contributed by atoms with Crippen LogP contribution >= 0.6 is 0 Å². The highest BCUT2D eigenvalue weighted by atomic mass is 16.5. The molecular formula is C17H20N2O2. The lowest BCUT2D eigenvalue weighted by atomic mass is 10.2. The van der Waals surface area contributed by atoms with Gasteiger partial charge in [-0.3, -0.25) is 4.79 Å². The van der Waals surface area contributed by atoms with Gasteiger partial charge >= 0.3 is 5.97 Å². The number of nitrogens with zero attached hydrogens (tertiary/aromatic N) is 2. The first-order chi connectivity index (χ1) is 10.2. The number of aryl methyl sites for hydroxylation is 1. The highest BCUT2D eigenvalue weighted by Gasteiger charge is 2.03. The number of rotatable bonds is 7. The maximum absolute atomic E-state index is 11.2. The van der Waals surface area contributed by atoms with Crippen molar-refractivity contribution in [2.45, 2.75) is 39.2 Å². The lowest BCUT2D eigenvalue weighted by molar-refractivity contribution is -0.143. The Bertz CT molecular complexity index is 652. The van der Waals surface area contributed by atoms with Crippen molar-refractivity contribution in [3.8, 4) is 0 Å². The third-order valence-electron chi connectivity index (χ3n) is 3.47. The zero-order valence-corrected chi connectivity index (χ0v) is 12.3. The van der Waals surface area contributed by atoms with Crippen molar-refractivity contribution in [2.75, 3.05) is 6.61 Å². The summed E-state index contributed by atoms with van der Waals surface area (Å²) in [6.07, 6.45) is 5.49. The summed E-state index contributed by atoms with van der Waals surface area (Å²) < 4.78 is 7.11. The molecule has 4 heteroatoms. The number of ether oxygens (including phenoxy) is 1. The maximum atomic E-state index is 11.2. The molecule has 0 aliphatic carbocycles. The average molecular weight is 284 g/mol. The molecule has 0 bridgehead atoms. The summed E-state index contributed by atoms with van der Waals surface area (Å²) in [6.45, 7) is 10.2. The van der Waals surface area contributed by atoms with E-state index in [4.69, 9.17) is 11.3 Å². The molecule has 4 nitrogen and oxygen atoms in total. The van der Waals surface area contributed by atoms with E-state index >= 15 is 0 Å². The van der Waals surface area contributed by atoms with E-state index in [-0.39, 0.29) is 5.97 Å². The molecule has 1 aromatic heterocycles. The maximum Gasteiger partial charge on any atom is 0.305 e. The van der Waals surface area contributed by atoms with Gasteiger partial charge in [-0.05, 0) is 43.4 Å². The summed E-state index contributed by atoms with van der Waals surface area (Å²) in [5, 5.41) is 1.11. The zero-order valence-electron chi connectivity index (χ0n) is 12.3. The van der Waals surface area contributed by atoms with Crippen LogP contribution in [0, 0.1) is 6.57 Å². The van der Waals surface area contributed by atoms with Crippen molar-refractivity contribution in [3.63, 3.8) is 0 Å². The Morgan fingerprint density at radius 1 is 1.29 bits per heavy atom. The predicted molar refractivity (Wildman–Crippen MR) is 83.3 cm³/mol. The van der Waals surface area contributed by atoms with Crippen LogP contribution in [0.15, 0.2) is 30.5 Å². The molecule has 0 spiro atoms. The van der Waals surface area contributed by atoms with Gasteiger partial charge in [0.1, 0.15) is 0 Å². The van der Waals surface area contributed by atoms with Gasteiger partial charge in [0.2, 0.25) is 0 Å². The lowest BCUT2D eigenvalue weighted by Gasteiger charge is -2.06. The van der Waals surface area contributed by atoms with Gasteiger partial charge in [-0.25, -0.2) is 4.85 Å². The third kappa shape index (κ3) is 4.09. The van der Waals surface area contributed by atoms with E-state index in [0.29, 0.717) is 18.7 Å². The first-order valence-corrected chi connectivity index (χ1v) is 7.36. The van der Waals surface area contributed by atoms with Crippen LogP contribution in [0.4, 0.5) is 5.69 Å². The molecule has 0 atom stereocenters. The first-order valence-electron chi connectivity index (χ1n) is 7.36. The second kappa shape index (κ2) is 7.49. The highest BCUT2D eigenvalue weighted by molar-refractivity contribution is 5.83. The molecule has 0 fully saturated rings. The molecule has 0 unspecified atom stereocenters. The van der Waals surface area contributed by atoms with Crippen molar-refractivity contribution in [3.05, 3.63) is 41.9 Å². The fourth-order valence-corrected chi connectivity index (χ4v) is 2.41. The van der Waals surface area contributed by atoms with Crippen LogP contribution in [0.1, 0.15) is 32.6 Å². The third-order valence-corrected chi connectivity index (χ3v) is 3.47. The van der Waals surface area contributed by atoms with Crippen LogP contribution in [0.2, 0.25) is 0 Å². The second-order valence-electron chi connectivity index (χ2n) is 4.98. The molecule has 0 N–H and O–H groups in total. The standard InChI is InChI=1S/C17H20N2O2/c1-3-21-17(20)7-5-4-6-11-19-12-10-14-13-15(18-2)8-9-16(14)19/h8-10,12-13H,3-7,11H2,1H3. The van der Waals surface area contributed by atoms with Gasteiger partial charge in [-0.1, -0.05) is 12.5 Å². The molecular weight excluding hydrogens is 264 g/mol. The Kier molecular flexibility index (Phi) is 5.39. The molecule has 0 saturated carbocycles. The van der Waals surface area contributed by atoms with E-state index in [0.717, 1.165) is 36.7 Å². The van der Waals surface area contributed by atoms with Crippen molar-refractivity contribution >= 4 is 22.6 Å². The number of hydrogen-bond donors (Lipinski definition) is 0. The minimum atomic E-state index is -0.101. The van der Waals surface area contributed by atoms with Crippen molar-refractivity contribution in [1.82, 2.24) is 4.57 Å². The van der Waals surface area contributed by atoms with Crippen LogP contribution in [-0.2, 0) is 16.1 Å². The van der Waals surface area contributed by atoms with E-state index in [1.54, 1.807) is 0 Å². The average Bonchev–Trinajstić information content (AvgIpc) is 2.89. The SMILES string of the molecule is [C-]#[N+]c1ccc2c(ccn2CCCCCC(=O)OCC)c1. The lowest BCUT2D eigenvalue weighted by Crippen LogP contribution is -2.03. The molecule has 1 aromatic carbocycles. The summed E-state index contributed by atoms with van der Waals surface area (Å²) in [6, 6.07) is 7.82. The molecule has 21 heavy (non-hydrogen) atoms. The van der Waals surface area contributed by atoms with Gasteiger partial charge in [0.25, 0.3) is 0 Å². The summed E-state index contributed by atoms with van der Waals surface area (Å²) >= 11 is 0. The van der Waals surface area contributed by atoms with E-state index in [1.165, 1.54) is 0 Å². The minimum absolute atomic E-state index is 0.101. The Labute approximate surface area is 125 Å². The van der Waals surface area contributed by atoms with Crippen LogP contribution < -0.4 is 0 Å². The monoisotopic (exact) mass is 284 g/mol. The Morgan fingerprint density at radius 3 is 2.90 bits per heavy atom. The minimum Gasteiger partial charge on any atom is -0.466 e. The van der Waals surface area contributed by atoms with Gasteiger partial charge in [0.15, 0.2) is 5.69 Å². The van der Waals surface area contributed by atoms with Crippen LogP contribution in [-0.4, -0.2) is 17.1 Å². The number of esters is 1. The highest BCUT2D eigenvalue weighted by Crippen LogP contribution is 2.22. The molecule has 110 valence electrons. The van der Waals surface area contributed by atoms with Crippen LogP contribution in [0.25, 0.3) is 15.7 Å². The van der Waals surface area contributed by atoms with Crippen LogP contribution in [0.5, 0.6) is 0 Å². The molecule has 2 aromatic rings. The number of carbonyl (C=O) groups excluding carboxylic acids is 1. The Balaban J connectivity index is 1.82. The van der Waals surface area contributed by atoms with Gasteiger partial charge in [0.05, 0.1) is 13.2 Å². The van der Waals surface area contributed by atoms with E-state index in [1.807, 2.05) is 31.2 Å². The Hall–Kier alpha value is -2.28. The van der Waals surface area contributed by atoms with Gasteiger partial charge < -0.3 is 9.30 Å². The zero-order chi connectivity index (χ0) is 15.1. The fraction of sp³-hybridized carbons (Fsp3) is 0.412. The van der Waals surface area contributed by atoms with Crippen molar-refractivity contribution in [2.24, 2.45) is 0 Å². The van der Waals surface area contributed by atoms with E-state index in [9.17, 15) is 4.79 Å². The van der Waals surface area contributed by atoms with Crippen molar-refractivity contribution in [1.29, 1.82) is 0 Å². The van der Waals surface area contributed by atoms with Gasteiger partial charge in [-0.2, -0.15) is 0 Å². The molecule has 0 amide bonds. The molecule has 2 rings (SSSR count). The number of carbonyl (C=O) groups is 1. The summed E-state index contributed by atoms with van der Waals surface area (Å²) in [5.41, 5.74) is 1.84. The summed E-state index contributed by atoms with van der Waals surface area (Å²) in [5.74, 6) is -0.101. The smallest absolute Gasteiger partial charge is 0.305 e. The predicted octanol–water partition coefficient (Wildman–Crippen LogP) is 4.32. The number of fused-ring (bicyclic) bond motifs is 1. The fourth-order valence-electron chi connectivity index (χ4n) is 2.41. The quantitative estimate of drug-likeness (QED) is 0.431. The van der Waals surface area contributed by atoms with E-state index < -0.39 is 0 Å². The number of aromatic nitrogens is 1. The van der Waals surface area contributed by atoms with Gasteiger partial charge in [-0.15, -0.1) is 0 Å². The van der Waals surface area contributed by atoms with Gasteiger partial charge in [0, 0.05) is 24.7 Å². The van der Waals surface area contributed by atoms with Crippen molar-refractivity contribution < 1.29 is 9.53 Å². The molecule has 0 aliphatic heterocycles. The van der Waals surface area contributed by atoms with E-state index in [2.05, 4.69) is 15.6 Å². The second-order valence-corrected chi connectivity index (χ2v) is 4.98. The Morgan fingerprint density at radius 2 is 2.14 bits per heavy atom. The topological polar surface area (TPSA) is 35.6 Å². The molecule has 0 radical (unpaired) electrons.